The summed E-state index contributed by atoms with van der Waals surface area (Å²) in [6, 6.07) is 0. The SMILES string of the molecule is CC#CC(=O)N1CCN(CC(=O)NCC(C)C)CC1. The van der Waals surface area contributed by atoms with Crippen LogP contribution in [-0.4, -0.2) is 60.9 Å². The molecule has 0 unspecified atom stereocenters. The van der Waals surface area contributed by atoms with E-state index in [2.05, 4.69) is 35.9 Å². The third kappa shape index (κ3) is 5.75. The van der Waals surface area contributed by atoms with E-state index in [9.17, 15) is 9.59 Å². The number of hydrogen-bond donors (Lipinski definition) is 1. The summed E-state index contributed by atoms with van der Waals surface area (Å²) in [5.41, 5.74) is 0. The van der Waals surface area contributed by atoms with Crippen molar-refractivity contribution in [3.8, 4) is 11.8 Å². The number of hydrogen-bond acceptors (Lipinski definition) is 3. The molecule has 1 saturated heterocycles. The van der Waals surface area contributed by atoms with Crippen molar-refractivity contribution in [2.24, 2.45) is 5.92 Å². The smallest absolute Gasteiger partial charge is 0.298 e. The summed E-state index contributed by atoms with van der Waals surface area (Å²) in [5.74, 6) is 5.56. The number of piperazine rings is 1. The lowest BCUT2D eigenvalue weighted by atomic mass is 10.2. The standard InChI is InChI=1S/C14H23N3O2/c1-4-5-14(19)17-8-6-16(7-9-17)11-13(18)15-10-12(2)3/h12H,6-11H2,1-3H3,(H,15,18). The minimum Gasteiger partial charge on any atom is -0.355 e. The molecule has 5 heteroatoms. The van der Waals surface area contributed by atoms with E-state index in [-0.39, 0.29) is 11.8 Å². The van der Waals surface area contributed by atoms with Crippen LogP contribution < -0.4 is 5.32 Å². The van der Waals surface area contributed by atoms with Crippen LogP contribution in [0.5, 0.6) is 0 Å². The Morgan fingerprint density at radius 1 is 1.21 bits per heavy atom. The summed E-state index contributed by atoms with van der Waals surface area (Å²) in [6.45, 7) is 9.66. The molecular formula is C14H23N3O2. The van der Waals surface area contributed by atoms with Crippen molar-refractivity contribution in [1.29, 1.82) is 0 Å². The van der Waals surface area contributed by atoms with E-state index in [0.29, 0.717) is 32.1 Å². The molecule has 0 spiro atoms. The number of carbonyl (C=O) groups is 2. The van der Waals surface area contributed by atoms with Gasteiger partial charge in [0.05, 0.1) is 6.54 Å². The predicted molar refractivity (Wildman–Crippen MR) is 74.3 cm³/mol. The van der Waals surface area contributed by atoms with E-state index in [1.165, 1.54) is 0 Å². The molecule has 1 rings (SSSR count). The van der Waals surface area contributed by atoms with Crippen LogP contribution in [0.4, 0.5) is 0 Å². The Kier molecular flexibility index (Phi) is 6.37. The Balaban J connectivity index is 2.27. The fraction of sp³-hybridized carbons (Fsp3) is 0.714. The second kappa shape index (κ2) is 7.80. The summed E-state index contributed by atoms with van der Waals surface area (Å²) < 4.78 is 0. The number of carbonyl (C=O) groups excluding carboxylic acids is 2. The van der Waals surface area contributed by atoms with Crippen LogP contribution in [-0.2, 0) is 9.59 Å². The Hall–Kier alpha value is -1.54. The lowest BCUT2D eigenvalue weighted by Gasteiger charge is -2.33. The molecule has 0 bridgehead atoms. The van der Waals surface area contributed by atoms with E-state index >= 15 is 0 Å². The molecule has 1 aliphatic rings. The van der Waals surface area contributed by atoms with Crippen LogP contribution in [0.2, 0.25) is 0 Å². The third-order valence-corrected chi connectivity index (χ3v) is 2.97. The number of nitrogens with zero attached hydrogens (tertiary/aromatic N) is 2. The fourth-order valence-electron chi connectivity index (χ4n) is 1.87. The third-order valence-electron chi connectivity index (χ3n) is 2.97. The first kappa shape index (κ1) is 15.5. The van der Waals surface area contributed by atoms with E-state index in [4.69, 9.17) is 0 Å². The molecule has 0 saturated carbocycles. The van der Waals surface area contributed by atoms with Crippen molar-refractivity contribution in [2.45, 2.75) is 20.8 Å². The monoisotopic (exact) mass is 265 g/mol. The molecule has 1 aliphatic heterocycles. The van der Waals surface area contributed by atoms with Gasteiger partial charge in [0.2, 0.25) is 5.91 Å². The Labute approximate surface area is 115 Å². The molecule has 0 aliphatic carbocycles. The van der Waals surface area contributed by atoms with Gasteiger partial charge in [-0.15, -0.1) is 0 Å². The van der Waals surface area contributed by atoms with Gasteiger partial charge >= 0.3 is 0 Å². The predicted octanol–water partition coefficient (Wildman–Crippen LogP) is -0.0739. The largest absolute Gasteiger partial charge is 0.355 e. The van der Waals surface area contributed by atoms with Crippen LogP contribution in [0.25, 0.3) is 0 Å². The van der Waals surface area contributed by atoms with Crippen molar-refractivity contribution < 1.29 is 9.59 Å². The van der Waals surface area contributed by atoms with E-state index < -0.39 is 0 Å². The van der Waals surface area contributed by atoms with E-state index in [1.807, 2.05) is 0 Å². The molecule has 106 valence electrons. The second-order valence-electron chi connectivity index (χ2n) is 5.14. The van der Waals surface area contributed by atoms with Crippen LogP contribution in [0.15, 0.2) is 0 Å². The van der Waals surface area contributed by atoms with Gasteiger partial charge in [-0.3, -0.25) is 14.5 Å². The molecule has 1 fully saturated rings. The summed E-state index contributed by atoms with van der Waals surface area (Å²) in [4.78, 5) is 27.0. The lowest BCUT2D eigenvalue weighted by molar-refractivity contribution is -0.127. The minimum absolute atomic E-state index is 0.0572. The summed E-state index contributed by atoms with van der Waals surface area (Å²) in [7, 11) is 0. The minimum atomic E-state index is -0.119. The number of nitrogens with one attached hydrogen (secondary N) is 1. The van der Waals surface area contributed by atoms with E-state index in [0.717, 1.165) is 13.1 Å². The number of amides is 2. The van der Waals surface area contributed by atoms with Gasteiger partial charge < -0.3 is 10.2 Å². The topological polar surface area (TPSA) is 52.7 Å². The fourth-order valence-corrected chi connectivity index (χ4v) is 1.87. The first-order chi connectivity index (χ1) is 9.02. The van der Waals surface area contributed by atoms with Gasteiger partial charge in [-0.1, -0.05) is 19.8 Å². The van der Waals surface area contributed by atoms with Crippen molar-refractivity contribution in [2.75, 3.05) is 39.3 Å². The number of rotatable bonds is 4. The highest BCUT2D eigenvalue weighted by Gasteiger charge is 2.21. The molecule has 1 heterocycles. The van der Waals surface area contributed by atoms with E-state index in [1.54, 1.807) is 11.8 Å². The van der Waals surface area contributed by atoms with Gasteiger partial charge in [-0.2, -0.15) is 0 Å². The van der Waals surface area contributed by atoms with Crippen molar-refractivity contribution in [3.63, 3.8) is 0 Å². The van der Waals surface area contributed by atoms with Crippen molar-refractivity contribution >= 4 is 11.8 Å². The maximum atomic E-state index is 11.7. The molecule has 1 N–H and O–H groups in total. The average molecular weight is 265 g/mol. The highest BCUT2D eigenvalue weighted by Crippen LogP contribution is 2.01. The quantitative estimate of drug-likeness (QED) is 0.724. The molecule has 0 aromatic carbocycles. The van der Waals surface area contributed by atoms with Crippen molar-refractivity contribution in [1.82, 2.24) is 15.1 Å². The summed E-state index contributed by atoms with van der Waals surface area (Å²) in [6.07, 6.45) is 0. The first-order valence-electron chi connectivity index (χ1n) is 6.73. The highest BCUT2D eigenvalue weighted by atomic mass is 16.2. The van der Waals surface area contributed by atoms with Crippen LogP contribution in [0.3, 0.4) is 0 Å². The molecule has 0 aromatic heterocycles. The first-order valence-corrected chi connectivity index (χ1v) is 6.73. The summed E-state index contributed by atoms with van der Waals surface area (Å²) >= 11 is 0. The molecule has 19 heavy (non-hydrogen) atoms. The van der Waals surface area contributed by atoms with Gasteiger partial charge in [0, 0.05) is 32.7 Å². The van der Waals surface area contributed by atoms with Gasteiger partial charge in [0.1, 0.15) is 0 Å². The zero-order valence-electron chi connectivity index (χ0n) is 12.0. The second-order valence-corrected chi connectivity index (χ2v) is 5.14. The molecule has 0 radical (unpaired) electrons. The zero-order valence-corrected chi connectivity index (χ0v) is 12.0. The Morgan fingerprint density at radius 2 is 1.84 bits per heavy atom. The summed E-state index contributed by atoms with van der Waals surface area (Å²) in [5, 5.41) is 2.90. The normalized spacial score (nSPS) is 15.9. The van der Waals surface area contributed by atoms with Gasteiger partial charge in [0.15, 0.2) is 0 Å². The Bertz CT molecular complexity index is 374. The van der Waals surface area contributed by atoms with Gasteiger partial charge in [-0.05, 0) is 18.8 Å². The maximum Gasteiger partial charge on any atom is 0.298 e. The molecule has 2 amide bonds. The van der Waals surface area contributed by atoms with Crippen LogP contribution in [0, 0.1) is 17.8 Å². The highest BCUT2D eigenvalue weighted by molar-refractivity contribution is 5.93. The molecule has 0 aromatic rings. The van der Waals surface area contributed by atoms with Gasteiger partial charge in [-0.25, -0.2) is 0 Å². The van der Waals surface area contributed by atoms with Crippen LogP contribution in [0.1, 0.15) is 20.8 Å². The molecular weight excluding hydrogens is 242 g/mol. The Morgan fingerprint density at radius 3 is 2.37 bits per heavy atom. The lowest BCUT2D eigenvalue weighted by Crippen LogP contribution is -2.51. The average Bonchev–Trinajstić information content (AvgIpc) is 2.37. The van der Waals surface area contributed by atoms with Crippen molar-refractivity contribution in [3.05, 3.63) is 0 Å². The molecule has 0 atom stereocenters. The molecule has 5 nitrogen and oxygen atoms in total. The van der Waals surface area contributed by atoms with Gasteiger partial charge in [0.25, 0.3) is 5.91 Å². The maximum absolute atomic E-state index is 11.7. The van der Waals surface area contributed by atoms with Crippen LogP contribution >= 0.6 is 0 Å². The zero-order chi connectivity index (χ0) is 14.3.